The molecule has 1 nitrogen and oxygen atoms in total. The van der Waals surface area contributed by atoms with Gasteiger partial charge in [0.25, 0.3) is 0 Å². The van der Waals surface area contributed by atoms with E-state index in [9.17, 15) is 0 Å². The second kappa shape index (κ2) is 7.43. The Bertz CT molecular complexity index is 193. The topological polar surface area (TPSA) is 12.0 Å². The molecule has 3 unspecified atom stereocenters. The highest BCUT2D eigenvalue weighted by Gasteiger charge is 2.18. The van der Waals surface area contributed by atoms with Crippen molar-refractivity contribution in [1.29, 1.82) is 0 Å². The fourth-order valence-corrected chi connectivity index (χ4v) is 1.89. The summed E-state index contributed by atoms with van der Waals surface area (Å²) in [6, 6.07) is 0.474. The maximum atomic E-state index is 3.69. The second-order valence-electron chi connectivity index (χ2n) is 3.71. The van der Waals surface area contributed by atoms with Crippen molar-refractivity contribution < 1.29 is 0 Å². The lowest BCUT2D eigenvalue weighted by Gasteiger charge is -2.27. The molecular formula is C13H23N. The molecule has 0 aromatic heterocycles. The van der Waals surface area contributed by atoms with Crippen LogP contribution >= 0.6 is 0 Å². The second-order valence-corrected chi connectivity index (χ2v) is 3.71. The first kappa shape index (κ1) is 13.0. The maximum absolute atomic E-state index is 3.69. The lowest BCUT2D eigenvalue weighted by molar-refractivity contribution is 0.323. The third kappa shape index (κ3) is 4.31. The van der Waals surface area contributed by atoms with Gasteiger partial charge in [0.1, 0.15) is 0 Å². The first-order valence-corrected chi connectivity index (χ1v) is 5.33. The molecule has 1 heteroatoms. The summed E-state index contributed by atoms with van der Waals surface area (Å²) < 4.78 is 0. The maximum Gasteiger partial charge on any atom is 0.0260 e. The summed E-state index contributed by atoms with van der Waals surface area (Å²) in [6.07, 6.45) is 9.01. The highest BCUT2D eigenvalue weighted by Crippen LogP contribution is 2.20. The smallest absolute Gasteiger partial charge is 0.0260 e. The van der Waals surface area contributed by atoms with Crippen LogP contribution in [-0.4, -0.2) is 6.04 Å². The van der Waals surface area contributed by atoms with Crippen LogP contribution in [0.15, 0.2) is 37.6 Å². The van der Waals surface area contributed by atoms with E-state index in [4.69, 9.17) is 0 Å². The van der Waals surface area contributed by atoms with Gasteiger partial charge in [0, 0.05) is 6.04 Å². The quantitative estimate of drug-likeness (QED) is 0.610. The molecule has 0 saturated heterocycles. The van der Waals surface area contributed by atoms with E-state index in [-0.39, 0.29) is 0 Å². The van der Waals surface area contributed by atoms with Crippen molar-refractivity contribution in [3.05, 3.63) is 37.6 Å². The van der Waals surface area contributed by atoms with Gasteiger partial charge < -0.3 is 5.32 Å². The molecule has 0 heterocycles. The van der Waals surface area contributed by atoms with Crippen molar-refractivity contribution in [2.75, 3.05) is 0 Å². The molecule has 0 spiro atoms. The van der Waals surface area contributed by atoms with Gasteiger partial charge in [0.05, 0.1) is 0 Å². The van der Waals surface area contributed by atoms with Crippen LogP contribution in [0, 0.1) is 11.8 Å². The van der Waals surface area contributed by atoms with Crippen LogP contribution in [0.3, 0.4) is 0 Å². The molecule has 0 radical (unpaired) electrons. The molecule has 0 aliphatic carbocycles. The Hall–Kier alpha value is -0.980. The van der Waals surface area contributed by atoms with E-state index in [1.165, 1.54) is 6.42 Å². The van der Waals surface area contributed by atoms with Crippen LogP contribution in [0.1, 0.15) is 27.2 Å². The summed E-state index contributed by atoms with van der Waals surface area (Å²) in [6.45, 7) is 14.0. The standard InChI is InChI=1S/C13H23N/c1-6-9-10-11(4)13(7-2)12(5)14-8-3/h6,8-14H,1,3,7H2,2,4-5H3/b10-9-. The first-order valence-electron chi connectivity index (χ1n) is 5.33. The van der Waals surface area contributed by atoms with Gasteiger partial charge in [-0.15, -0.1) is 0 Å². The van der Waals surface area contributed by atoms with E-state index in [0.29, 0.717) is 17.9 Å². The van der Waals surface area contributed by atoms with E-state index in [1.807, 2.05) is 12.2 Å². The summed E-state index contributed by atoms with van der Waals surface area (Å²) in [4.78, 5) is 0. The normalized spacial score (nSPS) is 17.4. The Kier molecular flexibility index (Phi) is 6.91. The molecule has 0 saturated carbocycles. The molecule has 0 aliphatic rings. The van der Waals surface area contributed by atoms with Crippen molar-refractivity contribution in [2.24, 2.45) is 11.8 Å². The van der Waals surface area contributed by atoms with Gasteiger partial charge in [0.15, 0.2) is 0 Å². The molecule has 1 N–H and O–H groups in total. The highest BCUT2D eigenvalue weighted by molar-refractivity contribution is 5.01. The highest BCUT2D eigenvalue weighted by atomic mass is 14.9. The van der Waals surface area contributed by atoms with Gasteiger partial charge in [-0.25, -0.2) is 0 Å². The van der Waals surface area contributed by atoms with Gasteiger partial charge in [-0.3, -0.25) is 0 Å². The minimum Gasteiger partial charge on any atom is -0.389 e. The Balaban J connectivity index is 4.29. The van der Waals surface area contributed by atoms with Crippen LogP contribution in [0.25, 0.3) is 0 Å². The fourth-order valence-electron chi connectivity index (χ4n) is 1.89. The average molecular weight is 193 g/mol. The van der Waals surface area contributed by atoms with Crippen molar-refractivity contribution >= 4 is 0 Å². The molecule has 0 aliphatic heterocycles. The van der Waals surface area contributed by atoms with Crippen molar-refractivity contribution in [3.63, 3.8) is 0 Å². The zero-order valence-corrected chi connectivity index (χ0v) is 9.66. The zero-order valence-electron chi connectivity index (χ0n) is 9.66. The summed E-state index contributed by atoms with van der Waals surface area (Å²) >= 11 is 0. The minimum absolute atomic E-state index is 0.474. The molecule has 0 aromatic carbocycles. The lowest BCUT2D eigenvalue weighted by atomic mass is 9.85. The van der Waals surface area contributed by atoms with Crippen molar-refractivity contribution in [2.45, 2.75) is 33.2 Å². The number of allylic oxidation sites excluding steroid dienone is 3. The fraction of sp³-hybridized carbons (Fsp3) is 0.538. The average Bonchev–Trinajstić information content (AvgIpc) is 2.16. The third-order valence-electron chi connectivity index (χ3n) is 2.72. The predicted octanol–water partition coefficient (Wildman–Crippen LogP) is 3.51. The first-order chi connectivity index (χ1) is 6.67. The van der Waals surface area contributed by atoms with Gasteiger partial charge >= 0.3 is 0 Å². The lowest BCUT2D eigenvalue weighted by Crippen LogP contribution is -2.32. The Labute approximate surface area is 88.6 Å². The van der Waals surface area contributed by atoms with E-state index >= 15 is 0 Å². The monoisotopic (exact) mass is 193 g/mol. The molecule has 14 heavy (non-hydrogen) atoms. The van der Waals surface area contributed by atoms with E-state index in [1.54, 1.807) is 6.20 Å². The van der Waals surface area contributed by atoms with Gasteiger partial charge in [-0.05, 0) is 25.0 Å². The van der Waals surface area contributed by atoms with Crippen LogP contribution < -0.4 is 5.32 Å². The SMILES string of the molecule is C=C/C=C\C(C)C(CC)C(C)NC=C. The number of hydrogen-bond donors (Lipinski definition) is 1. The van der Waals surface area contributed by atoms with Gasteiger partial charge in [0.2, 0.25) is 0 Å². The van der Waals surface area contributed by atoms with Crippen molar-refractivity contribution in [1.82, 2.24) is 5.32 Å². The summed E-state index contributed by atoms with van der Waals surface area (Å²) in [7, 11) is 0. The Morgan fingerprint density at radius 2 is 1.93 bits per heavy atom. The molecule has 0 aromatic rings. The van der Waals surface area contributed by atoms with E-state index in [2.05, 4.69) is 45.3 Å². The molecule has 0 bridgehead atoms. The van der Waals surface area contributed by atoms with Crippen LogP contribution in [0.4, 0.5) is 0 Å². The van der Waals surface area contributed by atoms with Crippen LogP contribution in [0.5, 0.6) is 0 Å². The molecule has 3 atom stereocenters. The van der Waals surface area contributed by atoms with E-state index < -0.39 is 0 Å². The molecule has 0 rings (SSSR count). The number of hydrogen-bond acceptors (Lipinski definition) is 1. The zero-order chi connectivity index (χ0) is 11.0. The summed E-state index contributed by atoms with van der Waals surface area (Å²) in [5.74, 6) is 1.21. The molecular weight excluding hydrogens is 170 g/mol. The molecule has 0 fully saturated rings. The van der Waals surface area contributed by atoms with E-state index in [0.717, 1.165) is 0 Å². The van der Waals surface area contributed by atoms with Crippen LogP contribution in [0.2, 0.25) is 0 Å². The molecule has 80 valence electrons. The Morgan fingerprint density at radius 3 is 2.36 bits per heavy atom. The Morgan fingerprint density at radius 1 is 1.29 bits per heavy atom. The number of nitrogens with one attached hydrogen (secondary N) is 1. The van der Waals surface area contributed by atoms with Gasteiger partial charge in [-0.1, -0.05) is 51.7 Å². The summed E-state index contributed by atoms with van der Waals surface area (Å²) in [5.41, 5.74) is 0. The third-order valence-corrected chi connectivity index (χ3v) is 2.72. The number of rotatable bonds is 7. The largest absolute Gasteiger partial charge is 0.389 e. The predicted molar refractivity (Wildman–Crippen MR) is 65.1 cm³/mol. The van der Waals surface area contributed by atoms with Crippen molar-refractivity contribution in [3.8, 4) is 0 Å². The minimum atomic E-state index is 0.474. The van der Waals surface area contributed by atoms with Gasteiger partial charge in [-0.2, -0.15) is 0 Å². The van der Waals surface area contributed by atoms with Crippen LogP contribution in [-0.2, 0) is 0 Å². The summed E-state index contributed by atoms with van der Waals surface area (Å²) in [5, 5.41) is 3.26. The molecule has 0 amide bonds.